The topological polar surface area (TPSA) is 84.1 Å². The van der Waals surface area contributed by atoms with Crippen molar-refractivity contribution >= 4 is 44.6 Å². The number of anilines is 2. The monoisotopic (exact) mass is 494 g/mol. The Labute approximate surface area is 174 Å². The SMILES string of the molecule is CCC[CH2][Sn]([CH2]CCC)([CH2]CCC)[c]1ccc2c(NCCO)nc(N)nc2c1. The molecule has 0 aliphatic rings. The molecule has 1 aromatic heterocycles. The fourth-order valence-electron chi connectivity index (χ4n) is 4.14. The van der Waals surface area contributed by atoms with Crippen molar-refractivity contribution in [1.29, 1.82) is 0 Å². The molecule has 5 nitrogen and oxygen atoms in total. The quantitative estimate of drug-likeness (QED) is 0.354. The molecule has 28 heavy (non-hydrogen) atoms. The summed E-state index contributed by atoms with van der Waals surface area (Å²) in [4.78, 5) is 8.90. The van der Waals surface area contributed by atoms with Gasteiger partial charge in [0.05, 0.1) is 0 Å². The number of nitrogens with zero attached hydrogens (tertiary/aromatic N) is 2. The number of nitrogens with two attached hydrogens (primary N) is 1. The molecule has 0 aliphatic carbocycles. The second-order valence-corrected chi connectivity index (χ2v) is 21.1. The molecule has 0 atom stereocenters. The third-order valence-electron chi connectivity index (χ3n) is 5.76. The standard InChI is InChI=1S/C10H11N4O.3C4H9.Sn/c11-10-13-8-4-2-1-3-7(8)9(14-10)12-5-6-15;3*1-3-4-2;/h1,3-4,15H,5-6H2,(H3,11,12,13,14);3*1,3-4H2,2H3;. The van der Waals surface area contributed by atoms with E-state index in [4.69, 9.17) is 10.8 Å². The third kappa shape index (κ3) is 5.96. The summed E-state index contributed by atoms with van der Waals surface area (Å²) < 4.78 is 5.91. The fraction of sp³-hybridized carbons (Fsp3) is 0.636. The van der Waals surface area contributed by atoms with Crippen LogP contribution in [0, 0.1) is 0 Å². The van der Waals surface area contributed by atoms with Crippen molar-refractivity contribution in [3.8, 4) is 0 Å². The van der Waals surface area contributed by atoms with Crippen LogP contribution < -0.4 is 14.6 Å². The van der Waals surface area contributed by atoms with Gasteiger partial charge in [0.15, 0.2) is 0 Å². The van der Waals surface area contributed by atoms with Gasteiger partial charge in [-0.15, -0.1) is 0 Å². The van der Waals surface area contributed by atoms with Crippen LogP contribution in [0.5, 0.6) is 0 Å². The molecule has 156 valence electrons. The summed E-state index contributed by atoms with van der Waals surface area (Å²) in [6.45, 7) is 7.45. The summed E-state index contributed by atoms with van der Waals surface area (Å²) in [5.41, 5.74) is 6.93. The molecule has 1 aromatic carbocycles. The number of unbranched alkanes of at least 4 members (excludes halogenated alkanes) is 3. The Balaban J connectivity index is 2.51. The molecule has 0 saturated carbocycles. The molecular formula is C22H38N4OSn. The molecule has 0 aliphatic heterocycles. The molecule has 0 fully saturated rings. The third-order valence-corrected chi connectivity index (χ3v) is 21.4. The Morgan fingerprint density at radius 3 is 2.11 bits per heavy atom. The van der Waals surface area contributed by atoms with Crippen LogP contribution in [0.2, 0.25) is 13.3 Å². The first-order chi connectivity index (χ1) is 13.6. The van der Waals surface area contributed by atoms with Crippen LogP contribution in [-0.2, 0) is 0 Å². The zero-order valence-electron chi connectivity index (χ0n) is 17.9. The van der Waals surface area contributed by atoms with E-state index in [1.807, 2.05) is 0 Å². The zero-order chi connectivity index (χ0) is 20.4. The minimum atomic E-state index is -2.49. The Bertz CT molecular complexity index is 716. The van der Waals surface area contributed by atoms with E-state index in [9.17, 15) is 0 Å². The van der Waals surface area contributed by atoms with Gasteiger partial charge in [-0.3, -0.25) is 0 Å². The van der Waals surface area contributed by atoms with Crippen LogP contribution in [0.25, 0.3) is 10.9 Å². The van der Waals surface area contributed by atoms with Crippen LogP contribution in [0.4, 0.5) is 11.8 Å². The van der Waals surface area contributed by atoms with E-state index in [1.54, 1.807) is 3.58 Å². The van der Waals surface area contributed by atoms with E-state index in [0.29, 0.717) is 12.5 Å². The predicted octanol–water partition coefficient (Wildman–Crippen LogP) is 4.67. The maximum absolute atomic E-state index is 9.14. The number of nitrogen functional groups attached to an aromatic ring is 1. The number of aromatic nitrogens is 2. The van der Waals surface area contributed by atoms with Crippen molar-refractivity contribution in [2.45, 2.75) is 72.6 Å². The van der Waals surface area contributed by atoms with Crippen molar-refractivity contribution in [3.63, 3.8) is 0 Å². The predicted molar refractivity (Wildman–Crippen MR) is 124 cm³/mol. The molecule has 6 heteroatoms. The van der Waals surface area contributed by atoms with Gasteiger partial charge in [0.25, 0.3) is 0 Å². The molecule has 0 spiro atoms. The van der Waals surface area contributed by atoms with Crippen LogP contribution in [0.15, 0.2) is 18.2 Å². The normalized spacial score (nSPS) is 11.9. The number of hydrogen-bond acceptors (Lipinski definition) is 5. The second kappa shape index (κ2) is 11.8. The van der Waals surface area contributed by atoms with Gasteiger partial charge in [-0.2, -0.15) is 0 Å². The Morgan fingerprint density at radius 2 is 1.57 bits per heavy atom. The Morgan fingerprint density at radius 1 is 0.964 bits per heavy atom. The maximum atomic E-state index is 9.14. The van der Waals surface area contributed by atoms with Gasteiger partial charge in [0.2, 0.25) is 0 Å². The molecule has 4 N–H and O–H groups in total. The average molecular weight is 493 g/mol. The van der Waals surface area contributed by atoms with E-state index in [2.05, 4.69) is 54.3 Å². The average Bonchev–Trinajstić information content (AvgIpc) is 2.71. The van der Waals surface area contributed by atoms with E-state index in [1.165, 1.54) is 51.8 Å². The first kappa shape index (κ1) is 23.2. The molecule has 2 rings (SSSR count). The van der Waals surface area contributed by atoms with Crippen LogP contribution in [-0.4, -0.2) is 46.6 Å². The number of rotatable bonds is 13. The molecular weight excluding hydrogens is 455 g/mol. The molecule has 0 amide bonds. The molecule has 0 unspecified atom stereocenters. The van der Waals surface area contributed by atoms with Crippen molar-refractivity contribution in [1.82, 2.24) is 9.97 Å². The summed E-state index contributed by atoms with van der Waals surface area (Å²) in [6, 6.07) is 6.87. The first-order valence-electron chi connectivity index (χ1n) is 11.0. The molecule has 0 saturated heterocycles. The van der Waals surface area contributed by atoms with E-state index < -0.39 is 18.4 Å². The van der Waals surface area contributed by atoms with Crippen molar-refractivity contribution < 1.29 is 5.11 Å². The van der Waals surface area contributed by atoms with Crippen molar-refractivity contribution in [2.24, 2.45) is 0 Å². The van der Waals surface area contributed by atoms with Crippen molar-refractivity contribution in [3.05, 3.63) is 18.2 Å². The molecule has 0 bridgehead atoms. The van der Waals surface area contributed by atoms with Crippen LogP contribution >= 0.6 is 0 Å². The number of nitrogens with one attached hydrogen (secondary N) is 1. The van der Waals surface area contributed by atoms with Gasteiger partial charge in [0.1, 0.15) is 0 Å². The Kier molecular flexibility index (Phi) is 9.78. The van der Waals surface area contributed by atoms with Gasteiger partial charge < -0.3 is 0 Å². The van der Waals surface area contributed by atoms with Gasteiger partial charge in [-0.05, 0) is 0 Å². The number of hydrogen-bond donors (Lipinski definition) is 3. The summed E-state index contributed by atoms with van der Waals surface area (Å²) in [5, 5.41) is 13.3. The second-order valence-electron chi connectivity index (χ2n) is 7.90. The molecule has 2 aromatic rings. The number of aliphatic hydroxyl groups excluding tert-OH is 1. The minimum absolute atomic E-state index is 0.0636. The van der Waals surface area contributed by atoms with Gasteiger partial charge in [-0.1, -0.05) is 0 Å². The molecule has 1 heterocycles. The van der Waals surface area contributed by atoms with E-state index in [-0.39, 0.29) is 6.61 Å². The number of aliphatic hydroxyl groups is 1. The fourth-order valence-corrected chi connectivity index (χ4v) is 20.1. The van der Waals surface area contributed by atoms with Crippen LogP contribution in [0.3, 0.4) is 0 Å². The van der Waals surface area contributed by atoms with Gasteiger partial charge >= 0.3 is 175 Å². The van der Waals surface area contributed by atoms with Gasteiger partial charge in [-0.25, -0.2) is 0 Å². The van der Waals surface area contributed by atoms with Crippen molar-refractivity contribution in [2.75, 3.05) is 24.2 Å². The summed E-state index contributed by atoms with van der Waals surface area (Å²) in [5.74, 6) is 1.01. The van der Waals surface area contributed by atoms with E-state index in [0.717, 1.165) is 16.7 Å². The molecule has 0 radical (unpaired) electrons. The zero-order valence-corrected chi connectivity index (χ0v) is 20.8. The summed E-state index contributed by atoms with van der Waals surface area (Å²) in [6.07, 6.45) is 7.85. The van der Waals surface area contributed by atoms with Gasteiger partial charge in [0, 0.05) is 0 Å². The van der Waals surface area contributed by atoms with E-state index >= 15 is 0 Å². The summed E-state index contributed by atoms with van der Waals surface area (Å²) in [7, 11) is 0. The number of fused-ring (bicyclic) bond motifs is 1. The first-order valence-corrected chi connectivity index (χ1v) is 18.5. The summed E-state index contributed by atoms with van der Waals surface area (Å²) >= 11 is -2.49. The Hall–Kier alpha value is -1.08. The van der Waals surface area contributed by atoms with Crippen LogP contribution in [0.1, 0.15) is 59.3 Å². The number of benzene rings is 1.